The zero-order valence-electron chi connectivity index (χ0n) is 10.9. The van der Waals surface area contributed by atoms with Crippen molar-refractivity contribution in [3.05, 3.63) is 21.4 Å². The Hall–Kier alpha value is -1.36. The molecule has 0 aliphatic heterocycles. The highest BCUT2D eigenvalue weighted by Gasteiger charge is 2.13. The third-order valence-corrected chi connectivity index (χ3v) is 3.75. The molecule has 1 amide bonds. The van der Waals surface area contributed by atoms with Crippen molar-refractivity contribution < 1.29 is 14.7 Å². The molecule has 1 aromatic rings. The average Bonchev–Trinajstić information content (AvgIpc) is 2.57. The van der Waals surface area contributed by atoms with Gasteiger partial charge in [0.1, 0.15) is 6.04 Å². The number of nitrogens with one attached hydrogen (secondary N) is 1. The highest BCUT2D eigenvalue weighted by molar-refractivity contribution is 7.12. The second-order valence-corrected chi connectivity index (χ2v) is 5.88. The molecular formula is C13H19NO3S. The van der Waals surface area contributed by atoms with Crippen LogP contribution in [0.5, 0.6) is 0 Å². The Balaban J connectivity index is 2.32. The summed E-state index contributed by atoms with van der Waals surface area (Å²) in [4.78, 5) is 24.6. The van der Waals surface area contributed by atoms with Crippen LogP contribution in [0.4, 0.5) is 0 Å². The number of hydrogen-bond acceptors (Lipinski definition) is 3. The van der Waals surface area contributed by atoms with E-state index in [1.165, 1.54) is 22.2 Å². The molecule has 0 radical (unpaired) electrons. The van der Waals surface area contributed by atoms with Crippen LogP contribution in [0, 0.1) is 13.8 Å². The van der Waals surface area contributed by atoms with E-state index in [2.05, 4.69) is 25.2 Å². The summed E-state index contributed by atoms with van der Waals surface area (Å²) < 4.78 is 0. The van der Waals surface area contributed by atoms with Gasteiger partial charge in [0.05, 0.1) is 0 Å². The number of carbonyl (C=O) groups is 2. The minimum Gasteiger partial charge on any atom is -0.480 e. The molecule has 0 fully saturated rings. The van der Waals surface area contributed by atoms with Gasteiger partial charge in [-0.2, -0.15) is 0 Å². The van der Waals surface area contributed by atoms with Crippen LogP contribution in [0.3, 0.4) is 0 Å². The van der Waals surface area contributed by atoms with Gasteiger partial charge in [-0.25, -0.2) is 0 Å². The topological polar surface area (TPSA) is 66.4 Å². The Bertz CT molecular complexity index is 439. The van der Waals surface area contributed by atoms with Crippen molar-refractivity contribution in [1.82, 2.24) is 5.32 Å². The average molecular weight is 269 g/mol. The quantitative estimate of drug-likeness (QED) is 0.832. The van der Waals surface area contributed by atoms with Gasteiger partial charge < -0.3 is 10.4 Å². The maximum absolute atomic E-state index is 11.5. The minimum atomic E-state index is -1.01. The summed E-state index contributed by atoms with van der Waals surface area (Å²) in [6, 6.07) is 1.33. The third-order valence-electron chi connectivity index (χ3n) is 2.74. The number of amides is 1. The number of carbonyl (C=O) groups excluding carboxylic acids is 1. The summed E-state index contributed by atoms with van der Waals surface area (Å²) in [5.41, 5.74) is 1.29. The second-order valence-electron chi connectivity index (χ2n) is 4.42. The van der Waals surface area contributed by atoms with E-state index < -0.39 is 12.0 Å². The van der Waals surface area contributed by atoms with E-state index in [0.29, 0.717) is 6.42 Å². The van der Waals surface area contributed by atoms with Crippen LogP contribution in [0.25, 0.3) is 0 Å². The van der Waals surface area contributed by atoms with Gasteiger partial charge in [-0.15, -0.1) is 11.3 Å². The highest BCUT2D eigenvalue weighted by Crippen LogP contribution is 2.22. The van der Waals surface area contributed by atoms with E-state index in [1.54, 1.807) is 11.3 Å². The number of rotatable bonds is 6. The van der Waals surface area contributed by atoms with E-state index >= 15 is 0 Å². The summed E-state index contributed by atoms with van der Waals surface area (Å²) in [6.07, 6.45) is 1.98. The van der Waals surface area contributed by atoms with Crippen molar-refractivity contribution in [1.29, 1.82) is 0 Å². The van der Waals surface area contributed by atoms with E-state index in [9.17, 15) is 9.59 Å². The summed E-state index contributed by atoms with van der Waals surface area (Å²) in [5, 5.41) is 11.1. The first-order valence-electron chi connectivity index (χ1n) is 5.98. The molecule has 100 valence electrons. The molecule has 1 rings (SSSR count). The first-order chi connectivity index (χ1) is 8.40. The zero-order valence-corrected chi connectivity index (χ0v) is 11.8. The molecule has 0 unspecified atom stereocenters. The fraction of sp³-hybridized carbons (Fsp3) is 0.538. The van der Waals surface area contributed by atoms with Gasteiger partial charge in [0.25, 0.3) is 0 Å². The van der Waals surface area contributed by atoms with Crippen LogP contribution in [0.2, 0.25) is 0 Å². The van der Waals surface area contributed by atoms with Crippen molar-refractivity contribution in [3.63, 3.8) is 0 Å². The predicted octanol–water partition coefficient (Wildman–Crippen LogP) is 2.28. The molecule has 0 aliphatic carbocycles. The molecule has 0 saturated heterocycles. The number of aryl methyl sites for hydroxylation is 3. The lowest BCUT2D eigenvalue weighted by atomic mass is 10.1. The van der Waals surface area contributed by atoms with E-state index in [1.807, 2.05) is 0 Å². The van der Waals surface area contributed by atoms with Crippen LogP contribution in [0.15, 0.2) is 6.07 Å². The van der Waals surface area contributed by atoms with Gasteiger partial charge >= 0.3 is 5.97 Å². The normalized spacial score (nSPS) is 12.2. The Kier molecular flexibility index (Phi) is 5.34. The summed E-state index contributed by atoms with van der Waals surface area (Å²) in [7, 11) is 0. The molecular weight excluding hydrogens is 250 g/mol. The largest absolute Gasteiger partial charge is 0.480 e. The maximum atomic E-state index is 11.5. The lowest BCUT2D eigenvalue weighted by Crippen LogP contribution is -2.38. The van der Waals surface area contributed by atoms with Gasteiger partial charge in [-0.3, -0.25) is 9.59 Å². The Morgan fingerprint density at radius 1 is 1.44 bits per heavy atom. The van der Waals surface area contributed by atoms with Gasteiger partial charge in [0, 0.05) is 16.2 Å². The first-order valence-corrected chi connectivity index (χ1v) is 6.80. The third kappa shape index (κ3) is 4.49. The predicted molar refractivity (Wildman–Crippen MR) is 72.0 cm³/mol. The van der Waals surface area contributed by atoms with Crippen molar-refractivity contribution in [2.45, 2.75) is 46.1 Å². The van der Waals surface area contributed by atoms with Crippen molar-refractivity contribution >= 4 is 23.2 Å². The van der Waals surface area contributed by atoms with Crippen molar-refractivity contribution in [3.8, 4) is 0 Å². The number of carboxylic acids is 1. The molecule has 5 heteroatoms. The summed E-state index contributed by atoms with van der Waals surface area (Å²) in [5.74, 6) is -1.21. The maximum Gasteiger partial charge on any atom is 0.325 e. The molecule has 4 nitrogen and oxygen atoms in total. The van der Waals surface area contributed by atoms with Crippen LogP contribution in [0.1, 0.15) is 35.1 Å². The summed E-state index contributed by atoms with van der Waals surface area (Å²) >= 11 is 1.76. The molecule has 1 atom stereocenters. The van der Waals surface area contributed by atoms with Gasteiger partial charge in [-0.05, 0) is 45.2 Å². The molecule has 1 heterocycles. The first kappa shape index (κ1) is 14.7. The zero-order chi connectivity index (χ0) is 13.7. The lowest BCUT2D eigenvalue weighted by Gasteiger charge is -2.08. The van der Waals surface area contributed by atoms with Gasteiger partial charge in [0.15, 0.2) is 0 Å². The summed E-state index contributed by atoms with van der Waals surface area (Å²) in [6.45, 7) is 5.62. The fourth-order valence-electron chi connectivity index (χ4n) is 1.75. The van der Waals surface area contributed by atoms with Crippen LogP contribution >= 0.6 is 11.3 Å². The molecule has 0 aromatic carbocycles. The fourth-order valence-corrected chi connectivity index (χ4v) is 2.72. The molecule has 0 aliphatic rings. The van der Waals surface area contributed by atoms with Crippen molar-refractivity contribution in [2.24, 2.45) is 0 Å². The van der Waals surface area contributed by atoms with E-state index in [-0.39, 0.29) is 5.91 Å². The number of carboxylic acid groups (broad SMARTS) is 1. The van der Waals surface area contributed by atoms with Gasteiger partial charge in [-0.1, -0.05) is 0 Å². The number of hydrogen-bond donors (Lipinski definition) is 2. The van der Waals surface area contributed by atoms with E-state index in [0.717, 1.165) is 12.8 Å². The smallest absolute Gasteiger partial charge is 0.325 e. The molecule has 0 saturated carbocycles. The lowest BCUT2D eigenvalue weighted by molar-refractivity contribution is -0.141. The molecule has 0 bridgehead atoms. The van der Waals surface area contributed by atoms with Gasteiger partial charge in [0.2, 0.25) is 5.91 Å². The second kappa shape index (κ2) is 6.54. The monoisotopic (exact) mass is 269 g/mol. The van der Waals surface area contributed by atoms with Crippen LogP contribution in [-0.4, -0.2) is 23.0 Å². The standard InChI is InChI=1S/C13H19NO3S/c1-8-7-11(10(3)18-8)5-4-6-12(15)14-9(2)13(16)17/h7,9H,4-6H2,1-3H3,(H,14,15)(H,16,17)/t9-/m0/s1. The van der Waals surface area contributed by atoms with Crippen LogP contribution in [-0.2, 0) is 16.0 Å². The minimum absolute atomic E-state index is 0.200. The molecule has 2 N–H and O–H groups in total. The number of thiophene rings is 1. The molecule has 1 aromatic heterocycles. The van der Waals surface area contributed by atoms with E-state index in [4.69, 9.17) is 5.11 Å². The molecule has 0 spiro atoms. The Morgan fingerprint density at radius 2 is 2.11 bits per heavy atom. The Morgan fingerprint density at radius 3 is 2.61 bits per heavy atom. The van der Waals surface area contributed by atoms with Crippen molar-refractivity contribution in [2.75, 3.05) is 0 Å². The Labute approximate surface area is 111 Å². The molecule has 18 heavy (non-hydrogen) atoms. The number of aliphatic carboxylic acids is 1. The van der Waals surface area contributed by atoms with Crippen LogP contribution < -0.4 is 5.32 Å². The highest BCUT2D eigenvalue weighted by atomic mass is 32.1. The SMILES string of the molecule is Cc1cc(CCCC(=O)N[C@@H](C)C(=O)O)c(C)s1.